The first kappa shape index (κ1) is 211. The fourth-order valence-corrected chi connectivity index (χ4v) is 0. The van der Waals surface area contributed by atoms with E-state index >= 15 is 0 Å². The topological polar surface area (TPSA) is 395 Å². The summed E-state index contributed by atoms with van der Waals surface area (Å²) in [7, 11) is -5.17. The van der Waals surface area contributed by atoms with Gasteiger partial charge in [0.25, 0.3) is 0 Å². The molecule has 0 aromatic rings. The molecule has 0 rings (SSSR count). The molecule has 0 aromatic carbocycles. The number of hydrogen-bond donors (Lipinski definition) is 0. The molecule has 0 bridgehead atoms. The Hall–Kier alpha value is 3.53. The van der Waals surface area contributed by atoms with Crippen LogP contribution in [0.5, 0.6) is 0 Å². The predicted molar refractivity (Wildman–Crippen MR) is 65.1 cm³/mol. The molecule has 0 spiro atoms. The van der Waals surface area contributed by atoms with Crippen LogP contribution in [0.4, 0.5) is 0 Å². The molecule has 20 N–H and O–H groups in total. The molecule has 20 heavy (non-hydrogen) atoms. The molecule has 122 valence electrons. The van der Waals surface area contributed by atoms with Crippen molar-refractivity contribution in [1.82, 2.24) is 0 Å². The summed E-state index contributed by atoms with van der Waals surface area (Å²) in [5.74, 6) is 0. The van der Waals surface area contributed by atoms with Crippen molar-refractivity contribution in [2.45, 2.75) is 0 Å². The quantitative estimate of drug-likeness (QED) is 0.223. The molecule has 14 nitrogen and oxygen atoms in total. The van der Waals surface area contributed by atoms with Crippen molar-refractivity contribution < 1.29 is 161 Å². The van der Waals surface area contributed by atoms with Crippen molar-refractivity contribution >= 4 is 48.4 Å². The first-order valence-electron chi connectivity index (χ1n) is 0.667. The molecule has 0 aliphatic heterocycles. The summed E-state index contributed by atoms with van der Waals surface area (Å²) in [5, 5.41) is 0. The maximum absolute atomic E-state index is 8.52. The zero-order valence-electron chi connectivity index (χ0n) is 10.0. The fraction of sp³-hybridized carbons (Fsp3) is 0. The van der Waals surface area contributed by atoms with Gasteiger partial charge < -0.3 is 63.9 Å². The Kier molecular flexibility index (Phi) is 1210. The Morgan fingerprint density at radius 1 is 0.500 bits per heavy atom. The fourth-order valence-electron chi connectivity index (χ4n) is 0. The second kappa shape index (κ2) is 115. The third-order valence-electron chi connectivity index (χ3n) is 0. The van der Waals surface area contributed by atoms with Gasteiger partial charge in [0.2, 0.25) is 0 Å². The molecule has 0 unspecified atom stereocenters. The van der Waals surface area contributed by atoms with Crippen LogP contribution in [0, 0.1) is 0 Å². The first-order valence-corrected chi connectivity index (χ1v) is 2.00. The number of hydrogen-bond acceptors (Lipinski definition) is 4. The molecular weight excluding hydrogens is 359 g/mol. The van der Waals surface area contributed by atoms with E-state index in [0.29, 0.717) is 0 Å². The van der Waals surface area contributed by atoms with Gasteiger partial charge in [-0.3, -0.25) is 8.42 Å². The Morgan fingerprint density at radius 2 is 0.500 bits per heavy atom. The van der Waals surface area contributed by atoms with E-state index in [9.17, 15) is 0 Å². The molecule has 0 aliphatic carbocycles. The molecule has 0 aliphatic rings. The summed E-state index contributed by atoms with van der Waals surface area (Å²) in [5.41, 5.74) is 0. The summed E-state index contributed by atoms with van der Waals surface area (Å²) in [4.78, 5) is 0. The van der Waals surface area contributed by atoms with Gasteiger partial charge >= 0.3 is 118 Å². The molecule has 0 heterocycles. The maximum atomic E-state index is 8.52. The summed E-state index contributed by atoms with van der Waals surface area (Å²) < 4.78 is 34.1. The van der Waals surface area contributed by atoms with E-state index in [-0.39, 0.29) is 181 Å². The van der Waals surface area contributed by atoms with E-state index in [0.717, 1.165) is 0 Å². The van der Waals surface area contributed by atoms with Crippen molar-refractivity contribution in [3.63, 3.8) is 0 Å². The zero-order chi connectivity index (χ0) is 4.50. The van der Waals surface area contributed by atoms with Gasteiger partial charge in [-0.1, -0.05) is 8.41 Å². The van der Waals surface area contributed by atoms with E-state index in [1.54, 1.807) is 0 Å². The van der Waals surface area contributed by atoms with Crippen molar-refractivity contribution in [2.24, 2.45) is 0 Å². The molecule has 0 aromatic heterocycles. The SMILES string of the molecule is O.O.O.O.O.O.O.O.O.O.O=S(=O)([O-])[O-].[BH4-].[Na+].[Na+].[Na+].[NaH]. The first-order chi connectivity index (χ1) is 2.00. The molecule has 20 heteroatoms. The number of rotatable bonds is 0. The van der Waals surface area contributed by atoms with Crippen LogP contribution in [0.15, 0.2) is 0 Å². The summed E-state index contributed by atoms with van der Waals surface area (Å²) in [6.07, 6.45) is 0. The van der Waals surface area contributed by atoms with Crippen LogP contribution in [-0.4, -0.2) is 110 Å². The van der Waals surface area contributed by atoms with Crippen molar-refractivity contribution in [3.8, 4) is 0 Å². The average molecular weight is 384 g/mol. The van der Waals surface area contributed by atoms with Gasteiger partial charge in [0.15, 0.2) is 0 Å². The third kappa shape index (κ3) is 727. The Balaban J connectivity index is -0.000000000762. The predicted octanol–water partition coefficient (Wildman–Crippen LogP) is -20.7. The minimum atomic E-state index is -5.17. The van der Waals surface area contributed by atoms with Crippen molar-refractivity contribution in [2.75, 3.05) is 0 Å². The van der Waals surface area contributed by atoms with E-state index < -0.39 is 10.4 Å². The third-order valence-corrected chi connectivity index (χ3v) is 0. The van der Waals surface area contributed by atoms with Crippen LogP contribution in [0.25, 0.3) is 0 Å². The van der Waals surface area contributed by atoms with Gasteiger partial charge in [-0.2, -0.15) is 0 Å². The van der Waals surface area contributed by atoms with Gasteiger partial charge in [0.05, 0.1) is 0 Å². The normalized spacial score (nSPS) is 2.90. The molecule has 0 saturated heterocycles. The summed E-state index contributed by atoms with van der Waals surface area (Å²) >= 11 is 0. The van der Waals surface area contributed by atoms with Gasteiger partial charge in [-0.05, 0) is 0 Å². The van der Waals surface area contributed by atoms with E-state index in [2.05, 4.69) is 0 Å². The minimum absolute atomic E-state index is 0. The van der Waals surface area contributed by atoms with Crippen LogP contribution in [0.1, 0.15) is 0 Å². The van der Waals surface area contributed by atoms with Gasteiger partial charge in [-0.25, -0.2) is 0 Å². The van der Waals surface area contributed by atoms with Gasteiger partial charge in [0, 0.05) is 10.4 Å². The van der Waals surface area contributed by atoms with Crippen LogP contribution < -0.4 is 88.7 Å². The van der Waals surface area contributed by atoms with E-state index in [4.69, 9.17) is 17.5 Å². The van der Waals surface area contributed by atoms with Crippen LogP contribution >= 0.6 is 0 Å². The zero-order valence-corrected chi connectivity index (χ0v) is 16.9. The van der Waals surface area contributed by atoms with Gasteiger partial charge in [0.1, 0.15) is 0 Å². The van der Waals surface area contributed by atoms with Gasteiger partial charge in [-0.15, -0.1) is 0 Å². The molecule has 0 radical (unpaired) electrons. The molecule has 0 amide bonds. The molecule has 0 fully saturated rings. The average Bonchev–Trinajstić information content (AvgIpc) is 0.722. The summed E-state index contributed by atoms with van der Waals surface area (Å²) in [6.45, 7) is 0. The van der Waals surface area contributed by atoms with Crippen LogP contribution in [0.2, 0.25) is 0 Å². The second-order valence-corrected chi connectivity index (χ2v) is 1.22. The van der Waals surface area contributed by atoms with E-state index in [1.165, 1.54) is 0 Å². The Labute approximate surface area is 206 Å². The standard InChI is InChI=1S/BH4.4Na.H2O4S.10H2O.H/c;;;;;1-5(2,3)4;;;;;;;;;;;/h1H4;;;;;(H2,1,2,3,4);10*1H2;/q-1;;3*+1;;;;;;;;;;;;/p-2. The molecule has 0 saturated carbocycles. The molecular formula is H25BNa4O14S. The van der Waals surface area contributed by atoms with Crippen molar-refractivity contribution in [3.05, 3.63) is 0 Å². The molecule has 0 atom stereocenters. The monoisotopic (exact) mass is 384 g/mol. The Bertz CT molecular complexity index is 108. The van der Waals surface area contributed by atoms with Crippen LogP contribution in [0.3, 0.4) is 0 Å². The summed E-state index contributed by atoms with van der Waals surface area (Å²) in [6, 6.07) is 0. The van der Waals surface area contributed by atoms with E-state index in [1.807, 2.05) is 0 Å². The van der Waals surface area contributed by atoms with Crippen LogP contribution in [-0.2, 0) is 10.4 Å². The van der Waals surface area contributed by atoms with Crippen molar-refractivity contribution in [1.29, 1.82) is 0 Å². The second-order valence-electron chi connectivity index (χ2n) is 0.408. The Morgan fingerprint density at radius 3 is 0.500 bits per heavy atom.